The third-order valence-corrected chi connectivity index (χ3v) is 3.08. The lowest BCUT2D eigenvalue weighted by Gasteiger charge is -2.10. The fraction of sp³-hybridized carbons (Fsp3) is 0.364. The van der Waals surface area contributed by atoms with Crippen LogP contribution in [0.5, 0.6) is 0 Å². The van der Waals surface area contributed by atoms with Crippen molar-refractivity contribution in [2.75, 3.05) is 6.54 Å². The molecular weight excluding hydrogens is 190 g/mol. The minimum Gasteiger partial charge on any atom is -0.308 e. The van der Waals surface area contributed by atoms with E-state index in [1.807, 2.05) is 16.7 Å². The average molecular weight is 203 g/mol. The zero-order chi connectivity index (χ0) is 10.4. The Morgan fingerprint density at radius 2 is 2.33 bits per heavy atom. The van der Waals surface area contributed by atoms with Crippen LogP contribution in [0.4, 0.5) is 0 Å². The second kappa shape index (κ2) is 2.97. The molecule has 0 bridgehead atoms. The summed E-state index contributed by atoms with van der Waals surface area (Å²) in [7, 11) is 0. The van der Waals surface area contributed by atoms with Crippen LogP contribution in [0.1, 0.15) is 18.5 Å². The van der Waals surface area contributed by atoms with Crippen molar-refractivity contribution in [1.29, 1.82) is 0 Å². The average Bonchev–Trinajstić information content (AvgIpc) is 2.43. The molecular formula is C11H13N3O. The maximum Gasteiger partial charge on any atom is 0.326 e. The van der Waals surface area contributed by atoms with Gasteiger partial charge in [-0.2, -0.15) is 0 Å². The normalized spacial score (nSPS) is 20.5. The first-order chi connectivity index (χ1) is 7.27. The number of para-hydroxylation sites is 1. The molecule has 4 heteroatoms. The van der Waals surface area contributed by atoms with Crippen LogP contribution in [0.25, 0.3) is 11.0 Å². The molecule has 0 aliphatic carbocycles. The van der Waals surface area contributed by atoms with Crippen LogP contribution in [-0.4, -0.2) is 16.1 Å². The molecule has 4 nitrogen and oxygen atoms in total. The van der Waals surface area contributed by atoms with Crippen molar-refractivity contribution >= 4 is 11.0 Å². The summed E-state index contributed by atoms with van der Waals surface area (Å²) in [6, 6.07) is 6.32. The summed E-state index contributed by atoms with van der Waals surface area (Å²) in [6.45, 7) is 3.70. The van der Waals surface area contributed by atoms with E-state index in [9.17, 15) is 4.79 Å². The highest BCUT2D eigenvalue weighted by molar-refractivity contribution is 5.79. The van der Waals surface area contributed by atoms with Crippen LogP contribution >= 0.6 is 0 Å². The van der Waals surface area contributed by atoms with Crippen molar-refractivity contribution in [3.05, 3.63) is 34.2 Å². The van der Waals surface area contributed by atoms with Crippen molar-refractivity contribution in [3.63, 3.8) is 0 Å². The van der Waals surface area contributed by atoms with Gasteiger partial charge >= 0.3 is 5.69 Å². The molecule has 2 heterocycles. The van der Waals surface area contributed by atoms with Gasteiger partial charge < -0.3 is 10.3 Å². The van der Waals surface area contributed by atoms with Gasteiger partial charge in [0.05, 0.1) is 11.0 Å². The molecule has 0 saturated heterocycles. The predicted molar refractivity (Wildman–Crippen MR) is 59.0 cm³/mol. The molecule has 15 heavy (non-hydrogen) atoms. The lowest BCUT2D eigenvalue weighted by Crippen LogP contribution is -2.23. The van der Waals surface area contributed by atoms with Gasteiger partial charge in [-0.1, -0.05) is 12.1 Å². The van der Waals surface area contributed by atoms with E-state index in [0.717, 1.165) is 24.1 Å². The maximum atomic E-state index is 11.7. The van der Waals surface area contributed by atoms with Gasteiger partial charge in [0, 0.05) is 19.1 Å². The number of H-pyrrole nitrogens is 1. The zero-order valence-corrected chi connectivity index (χ0v) is 8.58. The molecule has 1 aliphatic heterocycles. The molecule has 1 atom stereocenters. The molecule has 0 fully saturated rings. The first kappa shape index (κ1) is 8.73. The Morgan fingerprint density at radius 1 is 1.47 bits per heavy atom. The summed E-state index contributed by atoms with van der Waals surface area (Å²) in [5, 5.41) is 3.39. The van der Waals surface area contributed by atoms with Crippen LogP contribution in [0.15, 0.2) is 23.0 Å². The second-order valence-electron chi connectivity index (χ2n) is 4.00. The minimum atomic E-state index is -0.00616. The first-order valence-corrected chi connectivity index (χ1v) is 5.22. The summed E-state index contributed by atoms with van der Waals surface area (Å²) < 4.78 is 1.82. The van der Waals surface area contributed by atoms with E-state index in [1.54, 1.807) is 0 Å². The van der Waals surface area contributed by atoms with Gasteiger partial charge in [0.25, 0.3) is 0 Å². The number of hydrogen-bond donors (Lipinski definition) is 2. The second-order valence-corrected chi connectivity index (χ2v) is 4.00. The van der Waals surface area contributed by atoms with Gasteiger partial charge in [-0.15, -0.1) is 0 Å². The molecule has 0 radical (unpaired) electrons. The number of hydrogen-bond acceptors (Lipinski definition) is 2. The van der Waals surface area contributed by atoms with E-state index in [1.165, 1.54) is 5.56 Å². The fourth-order valence-corrected chi connectivity index (χ4v) is 2.31. The molecule has 1 aromatic heterocycles. The van der Waals surface area contributed by atoms with E-state index >= 15 is 0 Å². The predicted octanol–water partition coefficient (Wildman–Crippen LogP) is 0.994. The Kier molecular flexibility index (Phi) is 1.73. The molecule has 0 amide bonds. The van der Waals surface area contributed by atoms with Crippen LogP contribution < -0.4 is 11.0 Å². The van der Waals surface area contributed by atoms with Crippen LogP contribution in [0.3, 0.4) is 0 Å². The van der Waals surface area contributed by atoms with Crippen molar-refractivity contribution < 1.29 is 0 Å². The largest absolute Gasteiger partial charge is 0.326 e. The summed E-state index contributed by atoms with van der Waals surface area (Å²) >= 11 is 0. The number of aromatic amines is 1. The molecule has 1 unspecified atom stereocenters. The Balaban J connectivity index is 2.47. The number of imidazole rings is 1. The molecule has 0 saturated carbocycles. The van der Waals surface area contributed by atoms with Gasteiger partial charge in [0.2, 0.25) is 0 Å². The summed E-state index contributed by atoms with van der Waals surface area (Å²) in [4.78, 5) is 14.6. The Bertz CT molecular complexity index is 567. The van der Waals surface area contributed by atoms with Crippen LogP contribution in [-0.2, 0) is 6.54 Å². The lowest BCUT2D eigenvalue weighted by molar-refractivity contribution is 0.553. The topological polar surface area (TPSA) is 49.8 Å². The molecule has 1 aliphatic rings. The minimum absolute atomic E-state index is 0.00616. The van der Waals surface area contributed by atoms with Crippen LogP contribution in [0, 0.1) is 0 Å². The number of nitrogens with zero attached hydrogens (tertiary/aromatic N) is 1. The number of benzene rings is 1. The van der Waals surface area contributed by atoms with Crippen molar-refractivity contribution in [1.82, 2.24) is 14.9 Å². The number of aromatic nitrogens is 2. The third kappa shape index (κ3) is 1.15. The van der Waals surface area contributed by atoms with Crippen molar-refractivity contribution in [2.45, 2.75) is 19.5 Å². The molecule has 1 aromatic carbocycles. The van der Waals surface area contributed by atoms with Crippen molar-refractivity contribution in [2.24, 2.45) is 0 Å². The summed E-state index contributed by atoms with van der Waals surface area (Å²) in [6.07, 6.45) is 0. The maximum absolute atomic E-state index is 11.7. The van der Waals surface area contributed by atoms with Gasteiger partial charge in [-0.05, 0) is 18.6 Å². The standard InChI is InChI=1S/C11H13N3O/c1-7-8-3-2-4-9-10(8)14(6-5-12-7)11(15)13-9/h2-4,7,12H,5-6H2,1H3,(H,13,15). The first-order valence-electron chi connectivity index (χ1n) is 5.22. The highest BCUT2D eigenvalue weighted by atomic mass is 16.1. The van der Waals surface area contributed by atoms with Gasteiger partial charge in [0.15, 0.2) is 0 Å². The highest BCUT2D eigenvalue weighted by Gasteiger charge is 2.17. The van der Waals surface area contributed by atoms with E-state index in [2.05, 4.69) is 23.3 Å². The SMILES string of the molecule is CC1NCCn2c(=O)[nH]c3cccc1c32. The Hall–Kier alpha value is -1.55. The summed E-state index contributed by atoms with van der Waals surface area (Å²) in [5.41, 5.74) is 3.18. The third-order valence-electron chi connectivity index (χ3n) is 3.08. The van der Waals surface area contributed by atoms with Gasteiger partial charge in [-0.3, -0.25) is 4.57 Å². The lowest BCUT2D eigenvalue weighted by atomic mass is 10.1. The fourth-order valence-electron chi connectivity index (χ4n) is 2.31. The molecule has 3 rings (SSSR count). The number of rotatable bonds is 0. The van der Waals surface area contributed by atoms with E-state index in [-0.39, 0.29) is 5.69 Å². The van der Waals surface area contributed by atoms with Gasteiger partial charge in [0.1, 0.15) is 0 Å². The summed E-state index contributed by atoms with van der Waals surface area (Å²) in [5.74, 6) is 0. The highest BCUT2D eigenvalue weighted by Crippen LogP contribution is 2.23. The van der Waals surface area contributed by atoms with E-state index < -0.39 is 0 Å². The number of nitrogens with one attached hydrogen (secondary N) is 2. The van der Waals surface area contributed by atoms with Crippen molar-refractivity contribution in [3.8, 4) is 0 Å². The molecule has 0 spiro atoms. The quantitative estimate of drug-likeness (QED) is 0.671. The molecule has 2 aromatic rings. The van der Waals surface area contributed by atoms with Gasteiger partial charge in [-0.25, -0.2) is 4.79 Å². The monoisotopic (exact) mass is 203 g/mol. The molecule has 78 valence electrons. The molecule has 2 N–H and O–H groups in total. The zero-order valence-electron chi connectivity index (χ0n) is 8.58. The Labute approximate surface area is 86.9 Å². The van der Waals surface area contributed by atoms with E-state index in [4.69, 9.17) is 0 Å². The smallest absolute Gasteiger partial charge is 0.308 e. The van der Waals surface area contributed by atoms with Crippen LogP contribution in [0.2, 0.25) is 0 Å². The van der Waals surface area contributed by atoms with E-state index in [0.29, 0.717) is 6.04 Å². The Morgan fingerprint density at radius 3 is 3.20 bits per heavy atom.